The minimum absolute atomic E-state index is 0.399. The molecule has 1 aliphatic heterocycles. The van der Waals surface area contributed by atoms with Crippen LogP contribution in [0.25, 0.3) is 0 Å². The molecule has 17 heavy (non-hydrogen) atoms. The fourth-order valence-corrected chi connectivity index (χ4v) is 2.32. The first-order chi connectivity index (χ1) is 8.31. The Balaban J connectivity index is 2.09. The summed E-state index contributed by atoms with van der Waals surface area (Å²) in [6.07, 6.45) is 5.27. The van der Waals surface area contributed by atoms with E-state index in [1.807, 2.05) is 13.3 Å². The van der Waals surface area contributed by atoms with Crippen molar-refractivity contribution < 1.29 is 4.74 Å². The van der Waals surface area contributed by atoms with E-state index in [4.69, 9.17) is 4.74 Å². The van der Waals surface area contributed by atoms with Gasteiger partial charge >= 0.3 is 0 Å². The Labute approximate surface area is 104 Å². The fraction of sp³-hybridized carbons (Fsp3) is 0.467. The molecule has 0 bridgehead atoms. The maximum atomic E-state index is 5.43. The van der Waals surface area contributed by atoms with E-state index in [0.29, 0.717) is 6.04 Å². The lowest BCUT2D eigenvalue weighted by molar-refractivity contribution is 0.219. The Morgan fingerprint density at radius 2 is 2.18 bits per heavy atom. The van der Waals surface area contributed by atoms with Gasteiger partial charge in [-0.1, -0.05) is 24.3 Å². The van der Waals surface area contributed by atoms with Gasteiger partial charge < -0.3 is 10.1 Å². The molecule has 0 saturated heterocycles. The van der Waals surface area contributed by atoms with E-state index in [0.717, 1.165) is 25.9 Å². The Morgan fingerprint density at radius 3 is 2.82 bits per heavy atom. The summed E-state index contributed by atoms with van der Waals surface area (Å²) < 4.78 is 5.43. The fourth-order valence-electron chi connectivity index (χ4n) is 2.32. The van der Waals surface area contributed by atoms with Crippen LogP contribution in [-0.2, 0) is 11.2 Å². The molecule has 0 fully saturated rings. The highest BCUT2D eigenvalue weighted by Crippen LogP contribution is 2.20. The smallest absolute Gasteiger partial charge is 0.0876 e. The van der Waals surface area contributed by atoms with E-state index in [1.165, 1.54) is 16.7 Å². The first kappa shape index (κ1) is 12.2. The minimum Gasteiger partial charge on any atom is -0.501 e. The molecule has 2 rings (SSSR count). The molecule has 1 N–H and O–H groups in total. The van der Waals surface area contributed by atoms with Crippen molar-refractivity contribution in [2.45, 2.75) is 32.2 Å². The molecule has 0 aliphatic carbocycles. The third-order valence-electron chi connectivity index (χ3n) is 3.44. The van der Waals surface area contributed by atoms with Crippen molar-refractivity contribution in [3.63, 3.8) is 0 Å². The molecule has 1 atom stereocenters. The third-order valence-corrected chi connectivity index (χ3v) is 3.44. The normalized spacial score (nSPS) is 17.2. The van der Waals surface area contributed by atoms with Crippen LogP contribution in [0.3, 0.4) is 0 Å². The predicted molar refractivity (Wildman–Crippen MR) is 71.0 cm³/mol. The van der Waals surface area contributed by atoms with Crippen LogP contribution < -0.4 is 5.32 Å². The van der Waals surface area contributed by atoms with Gasteiger partial charge in [0, 0.05) is 6.04 Å². The monoisotopic (exact) mass is 231 g/mol. The summed E-state index contributed by atoms with van der Waals surface area (Å²) in [5.74, 6) is 0. The number of nitrogens with one attached hydrogen (secondary N) is 1. The molecule has 1 aromatic rings. The highest BCUT2D eigenvalue weighted by molar-refractivity contribution is 5.28. The molecule has 0 saturated carbocycles. The largest absolute Gasteiger partial charge is 0.501 e. The van der Waals surface area contributed by atoms with Crippen molar-refractivity contribution in [3.05, 3.63) is 47.2 Å². The molecule has 0 radical (unpaired) electrons. The van der Waals surface area contributed by atoms with Crippen molar-refractivity contribution in [2.24, 2.45) is 0 Å². The zero-order valence-electron chi connectivity index (χ0n) is 10.7. The lowest BCUT2D eigenvalue weighted by Crippen LogP contribution is -2.31. The zero-order valence-corrected chi connectivity index (χ0v) is 10.7. The standard InChI is InChI=1S/C15H21NO/c1-12-6-3-4-7-13(12)10-15(16-2)14-8-5-9-17-11-14/h3-4,6-7,11,15-16H,5,8-10H2,1-2H3. The van der Waals surface area contributed by atoms with E-state index >= 15 is 0 Å². The number of aryl methyl sites for hydroxylation is 1. The van der Waals surface area contributed by atoms with Crippen LogP contribution in [0.4, 0.5) is 0 Å². The molecule has 2 heteroatoms. The van der Waals surface area contributed by atoms with E-state index < -0.39 is 0 Å². The summed E-state index contributed by atoms with van der Waals surface area (Å²) >= 11 is 0. The number of hydrogen-bond acceptors (Lipinski definition) is 2. The van der Waals surface area contributed by atoms with Crippen molar-refractivity contribution in [2.75, 3.05) is 13.7 Å². The summed E-state index contributed by atoms with van der Waals surface area (Å²) in [5.41, 5.74) is 4.17. The molecular formula is C15H21NO. The summed E-state index contributed by atoms with van der Waals surface area (Å²) in [4.78, 5) is 0. The van der Waals surface area contributed by atoms with Crippen LogP contribution in [0.1, 0.15) is 24.0 Å². The Kier molecular flexibility index (Phi) is 4.21. The van der Waals surface area contributed by atoms with Gasteiger partial charge in [0.05, 0.1) is 12.9 Å². The summed E-state index contributed by atoms with van der Waals surface area (Å²) in [6, 6.07) is 8.99. The average molecular weight is 231 g/mol. The van der Waals surface area contributed by atoms with Gasteiger partial charge in [0.15, 0.2) is 0 Å². The van der Waals surface area contributed by atoms with Crippen molar-refractivity contribution in [3.8, 4) is 0 Å². The molecule has 0 aromatic heterocycles. The van der Waals surface area contributed by atoms with E-state index in [1.54, 1.807) is 0 Å². The molecule has 2 nitrogen and oxygen atoms in total. The topological polar surface area (TPSA) is 21.3 Å². The number of hydrogen-bond donors (Lipinski definition) is 1. The van der Waals surface area contributed by atoms with Crippen molar-refractivity contribution in [1.82, 2.24) is 5.32 Å². The summed E-state index contributed by atoms with van der Waals surface area (Å²) in [6.45, 7) is 3.04. The van der Waals surface area contributed by atoms with Gasteiger partial charge in [-0.3, -0.25) is 0 Å². The second-order valence-electron chi connectivity index (χ2n) is 4.64. The van der Waals surface area contributed by atoms with Gasteiger partial charge in [0.25, 0.3) is 0 Å². The Hall–Kier alpha value is -1.28. The molecule has 0 spiro atoms. The second-order valence-corrected chi connectivity index (χ2v) is 4.64. The third kappa shape index (κ3) is 3.10. The number of likely N-dealkylation sites (N-methyl/N-ethyl adjacent to an activating group) is 1. The van der Waals surface area contributed by atoms with Gasteiger partial charge in [-0.25, -0.2) is 0 Å². The van der Waals surface area contributed by atoms with Gasteiger partial charge in [-0.2, -0.15) is 0 Å². The Morgan fingerprint density at radius 1 is 1.35 bits per heavy atom. The average Bonchev–Trinajstić information content (AvgIpc) is 2.39. The number of ether oxygens (including phenoxy) is 1. The van der Waals surface area contributed by atoms with Crippen LogP contribution in [-0.4, -0.2) is 19.7 Å². The van der Waals surface area contributed by atoms with Crippen molar-refractivity contribution in [1.29, 1.82) is 0 Å². The van der Waals surface area contributed by atoms with E-state index in [9.17, 15) is 0 Å². The first-order valence-corrected chi connectivity index (χ1v) is 6.33. The van der Waals surface area contributed by atoms with Gasteiger partial charge in [0.1, 0.15) is 0 Å². The lowest BCUT2D eigenvalue weighted by Gasteiger charge is -2.23. The summed E-state index contributed by atoms with van der Waals surface area (Å²) in [7, 11) is 2.03. The molecule has 92 valence electrons. The van der Waals surface area contributed by atoms with Gasteiger partial charge in [-0.05, 0) is 49.9 Å². The SMILES string of the molecule is CNC(Cc1ccccc1C)C1=COCCC1. The molecule has 1 aromatic carbocycles. The van der Waals surface area contributed by atoms with Gasteiger partial charge in [0.2, 0.25) is 0 Å². The highest BCUT2D eigenvalue weighted by atomic mass is 16.5. The number of benzene rings is 1. The van der Waals surface area contributed by atoms with Crippen LogP contribution >= 0.6 is 0 Å². The lowest BCUT2D eigenvalue weighted by atomic mass is 9.94. The predicted octanol–water partition coefficient (Wildman–Crippen LogP) is 2.82. The number of rotatable bonds is 4. The molecule has 1 unspecified atom stereocenters. The van der Waals surface area contributed by atoms with Crippen molar-refractivity contribution >= 4 is 0 Å². The van der Waals surface area contributed by atoms with Gasteiger partial charge in [-0.15, -0.1) is 0 Å². The molecule has 1 aliphatic rings. The quantitative estimate of drug-likeness (QED) is 0.860. The van der Waals surface area contributed by atoms with E-state index in [2.05, 4.69) is 36.5 Å². The maximum absolute atomic E-state index is 5.43. The minimum atomic E-state index is 0.399. The van der Waals surface area contributed by atoms with Crippen LogP contribution in [0, 0.1) is 6.92 Å². The van der Waals surface area contributed by atoms with Crippen LogP contribution in [0.5, 0.6) is 0 Å². The zero-order chi connectivity index (χ0) is 12.1. The first-order valence-electron chi connectivity index (χ1n) is 6.33. The van der Waals surface area contributed by atoms with Crippen LogP contribution in [0.15, 0.2) is 36.1 Å². The Bertz CT molecular complexity index is 398. The second kappa shape index (κ2) is 5.87. The highest BCUT2D eigenvalue weighted by Gasteiger charge is 2.16. The molecule has 1 heterocycles. The molecular weight excluding hydrogens is 210 g/mol. The summed E-state index contributed by atoms with van der Waals surface area (Å²) in [5, 5.41) is 3.40. The van der Waals surface area contributed by atoms with Crippen LogP contribution in [0.2, 0.25) is 0 Å². The maximum Gasteiger partial charge on any atom is 0.0876 e. The molecule has 0 amide bonds. The van der Waals surface area contributed by atoms with E-state index in [-0.39, 0.29) is 0 Å².